The number of morpholine rings is 1. The van der Waals surface area contributed by atoms with Crippen molar-refractivity contribution in [3.63, 3.8) is 0 Å². The number of amides is 1. The smallest absolute Gasteiger partial charge is 0.241 e. The maximum atomic E-state index is 12.4. The second kappa shape index (κ2) is 11.8. The van der Waals surface area contributed by atoms with E-state index in [2.05, 4.69) is 39.8 Å². The van der Waals surface area contributed by atoms with Gasteiger partial charge in [-0.15, -0.1) is 0 Å². The third-order valence-corrected chi connectivity index (χ3v) is 5.48. The standard InChI is InChI=1S/C22H35N5O2/c1-2-23-22(25-17-21(28)27-10-6-3-7-11-27)24-16-19-8-4-5-9-20(19)18-26-12-14-29-15-13-26/h4-5,8-9H,2-3,6-7,10-18H2,1H3,(H2,23,24,25). The van der Waals surface area contributed by atoms with Gasteiger partial charge in [0.05, 0.1) is 26.3 Å². The molecule has 2 aliphatic rings. The topological polar surface area (TPSA) is 69.2 Å². The van der Waals surface area contributed by atoms with Crippen molar-refractivity contribution in [1.82, 2.24) is 20.4 Å². The first-order chi connectivity index (χ1) is 14.3. The first-order valence-electron chi connectivity index (χ1n) is 10.9. The average Bonchev–Trinajstić information content (AvgIpc) is 2.77. The molecular formula is C22H35N5O2. The first kappa shape index (κ1) is 21.6. The summed E-state index contributed by atoms with van der Waals surface area (Å²) in [4.78, 5) is 21.5. The van der Waals surface area contributed by atoms with Gasteiger partial charge in [-0.05, 0) is 37.3 Å². The number of hydrogen-bond donors (Lipinski definition) is 2. The number of benzene rings is 1. The number of piperidine rings is 1. The molecule has 2 saturated heterocycles. The molecule has 0 unspecified atom stereocenters. The summed E-state index contributed by atoms with van der Waals surface area (Å²) in [5, 5.41) is 6.46. The number of carbonyl (C=O) groups is 1. The maximum Gasteiger partial charge on any atom is 0.241 e. The lowest BCUT2D eigenvalue weighted by atomic mass is 10.1. The van der Waals surface area contributed by atoms with Gasteiger partial charge in [0, 0.05) is 39.3 Å². The number of carbonyl (C=O) groups excluding carboxylic acids is 1. The van der Waals surface area contributed by atoms with Crippen molar-refractivity contribution >= 4 is 11.9 Å². The Labute approximate surface area is 174 Å². The van der Waals surface area contributed by atoms with Crippen LogP contribution in [-0.4, -0.2) is 74.1 Å². The molecule has 0 aromatic heterocycles. The van der Waals surface area contributed by atoms with Crippen LogP contribution in [0.15, 0.2) is 29.3 Å². The van der Waals surface area contributed by atoms with Gasteiger partial charge < -0.3 is 20.3 Å². The second-order valence-electron chi connectivity index (χ2n) is 7.65. The van der Waals surface area contributed by atoms with Gasteiger partial charge in [0.25, 0.3) is 0 Å². The monoisotopic (exact) mass is 401 g/mol. The molecule has 2 aliphatic heterocycles. The van der Waals surface area contributed by atoms with E-state index in [1.807, 2.05) is 11.8 Å². The van der Waals surface area contributed by atoms with Crippen LogP contribution in [0.2, 0.25) is 0 Å². The Bertz CT molecular complexity index is 667. The third kappa shape index (κ3) is 7.01. The van der Waals surface area contributed by atoms with Crippen LogP contribution in [0.1, 0.15) is 37.3 Å². The largest absolute Gasteiger partial charge is 0.379 e. The zero-order valence-corrected chi connectivity index (χ0v) is 17.7. The van der Waals surface area contributed by atoms with Gasteiger partial charge in [0.1, 0.15) is 0 Å². The molecule has 0 bridgehead atoms. The Morgan fingerprint density at radius 3 is 2.48 bits per heavy atom. The molecule has 3 rings (SSSR count). The fourth-order valence-electron chi connectivity index (χ4n) is 3.79. The van der Waals surface area contributed by atoms with Gasteiger partial charge in [-0.3, -0.25) is 9.69 Å². The molecule has 7 nitrogen and oxygen atoms in total. The van der Waals surface area contributed by atoms with Crippen LogP contribution in [-0.2, 0) is 22.6 Å². The van der Waals surface area contributed by atoms with Gasteiger partial charge in [-0.25, -0.2) is 4.99 Å². The van der Waals surface area contributed by atoms with Gasteiger partial charge >= 0.3 is 0 Å². The zero-order valence-electron chi connectivity index (χ0n) is 17.7. The molecule has 2 N–H and O–H groups in total. The molecule has 0 saturated carbocycles. The fraction of sp³-hybridized carbons (Fsp3) is 0.636. The van der Waals surface area contributed by atoms with E-state index in [9.17, 15) is 4.79 Å². The summed E-state index contributed by atoms with van der Waals surface area (Å²) in [5.74, 6) is 0.849. The van der Waals surface area contributed by atoms with Crippen molar-refractivity contribution < 1.29 is 9.53 Å². The zero-order chi connectivity index (χ0) is 20.3. The average molecular weight is 402 g/mol. The summed E-state index contributed by atoms with van der Waals surface area (Å²) in [7, 11) is 0. The van der Waals surface area contributed by atoms with Crippen LogP contribution in [0.4, 0.5) is 0 Å². The van der Waals surface area contributed by atoms with Crippen LogP contribution in [0.3, 0.4) is 0 Å². The van der Waals surface area contributed by atoms with Gasteiger partial charge in [-0.2, -0.15) is 0 Å². The summed E-state index contributed by atoms with van der Waals surface area (Å²) in [6.07, 6.45) is 3.45. The number of aliphatic imine (C=N–C) groups is 1. The summed E-state index contributed by atoms with van der Waals surface area (Å²) >= 11 is 0. The highest BCUT2D eigenvalue weighted by Crippen LogP contribution is 2.14. The number of nitrogens with zero attached hydrogens (tertiary/aromatic N) is 3. The Morgan fingerprint density at radius 2 is 1.76 bits per heavy atom. The molecule has 0 aliphatic carbocycles. The van der Waals surface area contributed by atoms with Crippen molar-refractivity contribution in [1.29, 1.82) is 0 Å². The van der Waals surface area contributed by atoms with E-state index >= 15 is 0 Å². The highest BCUT2D eigenvalue weighted by molar-refractivity contribution is 5.86. The molecule has 1 aromatic rings. The molecule has 0 atom stereocenters. The Kier molecular flexibility index (Phi) is 8.77. The molecule has 2 fully saturated rings. The van der Waals surface area contributed by atoms with Gasteiger partial charge in [-0.1, -0.05) is 24.3 Å². The Balaban J connectivity index is 1.57. The molecule has 0 spiro atoms. The lowest BCUT2D eigenvalue weighted by Gasteiger charge is -2.27. The van der Waals surface area contributed by atoms with E-state index in [1.165, 1.54) is 17.5 Å². The lowest BCUT2D eigenvalue weighted by Crippen LogP contribution is -2.46. The molecule has 1 aromatic carbocycles. The van der Waals surface area contributed by atoms with Crippen molar-refractivity contribution in [3.05, 3.63) is 35.4 Å². The normalized spacial score (nSPS) is 18.5. The maximum absolute atomic E-state index is 12.4. The fourth-order valence-corrected chi connectivity index (χ4v) is 3.79. The quantitative estimate of drug-likeness (QED) is 0.536. The minimum absolute atomic E-state index is 0.156. The van der Waals surface area contributed by atoms with E-state index < -0.39 is 0 Å². The number of nitrogens with one attached hydrogen (secondary N) is 2. The second-order valence-corrected chi connectivity index (χ2v) is 7.65. The van der Waals surface area contributed by atoms with E-state index in [1.54, 1.807) is 0 Å². The molecule has 1 amide bonds. The van der Waals surface area contributed by atoms with Crippen LogP contribution < -0.4 is 10.6 Å². The van der Waals surface area contributed by atoms with Crippen LogP contribution >= 0.6 is 0 Å². The van der Waals surface area contributed by atoms with E-state index in [-0.39, 0.29) is 5.91 Å². The minimum Gasteiger partial charge on any atom is -0.379 e. The molecule has 2 heterocycles. The first-order valence-corrected chi connectivity index (χ1v) is 10.9. The number of likely N-dealkylation sites (tertiary alicyclic amines) is 1. The van der Waals surface area contributed by atoms with Gasteiger partial charge in [0.15, 0.2) is 5.96 Å². The number of ether oxygens (including phenoxy) is 1. The lowest BCUT2D eigenvalue weighted by molar-refractivity contribution is -0.130. The predicted molar refractivity (Wildman–Crippen MR) is 116 cm³/mol. The van der Waals surface area contributed by atoms with E-state index in [0.29, 0.717) is 19.0 Å². The summed E-state index contributed by atoms with van der Waals surface area (Å²) < 4.78 is 5.45. The molecule has 160 valence electrons. The summed E-state index contributed by atoms with van der Waals surface area (Å²) in [6.45, 7) is 9.92. The van der Waals surface area contributed by atoms with E-state index in [4.69, 9.17) is 9.73 Å². The van der Waals surface area contributed by atoms with Crippen molar-refractivity contribution in [2.75, 3.05) is 52.5 Å². The molecule has 0 radical (unpaired) electrons. The minimum atomic E-state index is 0.156. The number of rotatable bonds is 7. The number of hydrogen-bond acceptors (Lipinski definition) is 4. The molecule has 29 heavy (non-hydrogen) atoms. The highest BCUT2D eigenvalue weighted by atomic mass is 16.5. The molecular weight excluding hydrogens is 366 g/mol. The highest BCUT2D eigenvalue weighted by Gasteiger charge is 2.16. The van der Waals surface area contributed by atoms with Crippen LogP contribution in [0.25, 0.3) is 0 Å². The van der Waals surface area contributed by atoms with Crippen molar-refractivity contribution in [3.8, 4) is 0 Å². The van der Waals surface area contributed by atoms with E-state index in [0.717, 1.165) is 65.3 Å². The van der Waals surface area contributed by atoms with Crippen LogP contribution in [0.5, 0.6) is 0 Å². The Hall–Kier alpha value is -2.12. The van der Waals surface area contributed by atoms with Gasteiger partial charge in [0.2, 0.25) is 5.91 Å². The third-order valence-electron chi connectivity index (χ3n) is 5.48. The predicted octanol–water partition coefficient (Wildman–Crippen LogP) is 1.59. The van der Waals surface area contributed by atoms with Crippen molar-refractivity contribution in [2.45, 2.75) is 39.3 Å². The van der Waals surface area contributed by atoms with Crippen molar-refractivity contribution in [2.24, 2.45) is 4.99 Å². The molecule has 7 heteroatoms. The summed E-state index contributed by atoms with van der Waals surface area (Å²) in [6, 6.07) is 8.47. The summed E-state index contributed by atoms with van der Waals surface area (Å²) in [5.41, 5.74) is 2.52. The SMILES string of the molecule is CCNC(=NCc1ccccc1CN1CCOCC1)NCC(=O)N1CCCCC1. The number of guanidine groups is 1. The van der Waals surface area contributed by atoms with Crippen LogP contribution in [0, 0.1) is 0 Å². The Morgan fingerprint density at radius 1 is 1.03 bits per heavy atom.